The van der Waals surface area contributed by atoms with Gasteiger partial charge in [-0.05, 0) is 19.1 Å². The fourth-order valence-electron chi connectivity index (χ4n) is 1.67. The van der Waals surface area contributed by atoms with E-state index in [2.05, 4.69) is 5.32 Å². The van der Waals surface area contributed by atoms with Crippen molar-refractivity contribution in [1.82, 2.24) is 5.32 Å². The molecule has 0 bridgehead atoms. The van der Waals surface area contributed by atoms with Gasteiger partial charge in [0, 0.05) is 11.6 Å². The zero-order chi connectivity index (χ0) is 15.3. The Bertz CT molecular complexity index is 518. The third-order valence-corrected chi connectivity index (χ3v) is 2.83. The molecule has 0 aromatic heterocycles. The third-order valence-electron chi connectivity index (χ3n) is 2.55. The second-order valence-corrected chi connectivity index (χ2v) is 4.57. The number of nitrogens with one attached hydrogen (secondary N) is 1. The minimum absolute atomic E-state index is 0.160. The van der Waals surface area contributed by atoms with Crippen molar-refractivity contribution in [2.75, 3.05) is 14.2 Å². The Hall–Kier alpha value is -1.95. The molecular formula is C13H16ClNO5. The first-order valence-corrected chi connectivity index (χ1v) is 6.21. The van der Waals surface area contributed by atoms with Gasteiger partial charge in [0.15, 0.2) is 11.5 Å². The normalized spacial score (nSPS) is 11.6. The highest BCUT2D eigenvalue weighted by molar-refractivity contribution is 6.32. The molecule has 1 aromatic rings. The Balaban J connectivity index is 2.94. The topological polar surface area (TPSA) is 84.9 Å². The van der Waals surface area contributed by atoms with E-state index in [4.69, 9.17) is 26.2 Å². The molecule has 6 nitrogen and oxygen atoms in total. The van der Waals surface area contributed by atoms with Crippen LogP contribution in [0, 0.1) is 0 Å². The third kappa shape index (κ3) is 4.03. The van der Waals surface area contributed by atoms with Gasteiger partial charge in [0.2, 0.25) is 0 Å². The van der Waals surface area contributed by atoms with Gasteiger partial charge >= 0.3 is 5.97 Å². The SMILES string of the molecule is COc1cc(C(=O)NC(C)CC(=O)O)cc(Cl)c1OC. The Morgan fingerprint density at radius 1 is 1.35 bits per heavy atom. The first kappa shape index (κ1) is 16.1. The molecule has 110 valence electrons. The lowest BCUT2D eigenvalue weighted by molar-refractivity contribution is -0.137. The molecule has 0 aliphatic heterocycles. The quantitative estimate of drug-likeness (QED) is 0.839. The average Bonchev–Trinajstić information content (AvgIpc) is 2.36. The zero-order valence-electron chi connectivity index (χ0n) is 11.4. The standard InChI is InChI=1S/C13H16ClNO5/c1-7(4-11(16)17)15-13(18)8-5-9(14)12(20-3)10(6-8)19-2/h5-7H,4H2,1-3H3,(H,15,18)(H,16,17). The number of amides is 1. The average molecular weight is 302 g/mol. The number of hydrogen-bond donors (Lipinski definition) is 2. The van der Waals surface area contributed by atoms with Gasteiger partial charge in [-0.15, -0.1) is 0 Å². The number of halogens is 1. The smallest absolute Gasteiger partial charge is 0.305 e. The van der Waals surface area contributed by atoms with E-state index in [1.165, 1.54) is 26.4 Å². The Morgan fingerprint density at radius 2 is 2.00 bits per heavy atom. The summed E-state index contributed by atoms with van der Waals surface area (Å²) in [5.74, 6) is -0.745. The highest BCUT2D eigenvalue weighted by Crippen LogP contribution is 2.35. The summed E-state index contributed by atoms with van der Waals surface area (Å²) in [6.45, 7) is 1.61. The summed E-state index contributed by atoms with van der Waals surface area (Å²) in [5, 5.41) is 11.5. The molecule has 7 heteroatoms. The lowest BCUT2D eigenvalue weighted by atomic mass is 10.1. The molecule has 1 amide bonds. The van der Waals surface area contributed by atoms with Crippen molar-refractivity contribution >= 4 is 23.5 Å². The van der Waals surface area contributed by atoms with Crippen molar-refractivity contribution in [3.8, 4) is 11.5 Å². The van der Waals surface area contributed by atoms with Crippen molar-refractivity contribution in [2.45, 2.75) is 19.4 Å². The van der Waals surface area contributed by atoms with Gasteiger partial charge in [0.25, 0.3) is 5.91 Å². The Morgan fingerprint density at radius 3 is 2.50 bits per heavy atom. The second kappa shape index (κ2) is 7.00. The molecular weight excluding hydrogens is 286 g/mol. The number of carboxylic acid groups (broad SMARTS) is 1. The molecule has 0 heterocycles. The molecule has 1 unspecified atom stereocenters. The number of aliphatic carboxylic acids is 1. The van der Waals surface area contributed by atoms with Crippen LogP contribution in [-0.2, 0) is 4.79 Å². The van der Waals surface area contributed by atoms with E-state index in [-0.39, 0.29) is 17.0 Å². The molecule has 0 aliphatic carbocycles. The van der Waals surface area contributed by atoms with Crippen LogP contribution in [0.15, 0.2) is 12.1 Å². The predicted octanol–water partition coefficient (Wildman–Crippen LogP) is 1.95. The molecule has 1 atom stereocenters. The summed E-state index contributed by atoms with van der Waals surface area (Å²) < 4.78 is 10.2. The minimum Gasteiger partial charge on any atom is -0.493 e. The van der Waals surface area contributed by atoms with E-state index in [1.807, 2.05) is 0 Å². The maximum atomic E-state index is 12.0. The van der Waals surface area contributed by atoms with E-state index in [9.17, 15) is 9.59 Å². The number of carboxylic acids is 1. The van der Waals surface area contributed by atoms with Gasteiger partial charge in [0.05, 0.1) is 25.7 Å². The van der Waals surface area contributed by atoms with E-state index >= 15 is 0 Å². The van der Waals surface area contributed by atoms with Gasteiger partial charge in [0.1, 0.15) is 0 Å². The van der Waals surface area contributed by atoms with Gasteiger partial charge in [-0.1, -0.05) is 11.6 Å². The maximum Gasteiger partial charge on any atom is 0.305 e. The fourth-order valence-corrected chi connectivity index (χ4v) is 1.96. The maximum absolute atomic E-state index is 12.0. The van der Waals surface area contributed by atoms with Crippen LogP contribution in [0.5, 0.6) is 11.5 Å². The van der Waals surface area contributed by atoms with E-state index in [0.717, 1.165) is 0 Å². The van der Waals surface area contributed by atoms with Crippen molar-refractivity contribution in [1.29, 1.82) is 0 Å². The molecule has 20 heavy (non-hydrogen) atoms. The van der Waals surface area contributed by atoms with Crippen molar-refractivity contribution in [2.24, 2.45) is 0 Å². The van der Waals surface area contributed by atoms with Crippen molar-refractivity contribution in [3.63, 3.8) is 0 Å². The van der Waals surface area contributed by atoms with Crippen LogP contribution in [0.1, 0.15) is 23.7 Å². The van der Waals surface area contributed by atoms with Crippen LogP contribution in [0.3, 0.4) is 0 Å². The number of rotatable bonds is 6. The molecule has 0 aliphatic rings. The zero-order valence-corrected chi connectivity index (χ0v) is 12.2. The van der Waals surface area contributed by atoms with Crippen LogP contribution in [0.2, 0.25) is 5.02 Å². The van der Waals surface area contributed by atoms with Crippen molar-refractivity contribution in [3.05, 3.63) is 22.7 Å². The van der Waals surface area contributed by atoms with Gasteiger partial charge < -0.3 is 19.9 Å². The first-order chi connectivity index (χ1) is 9.38. The minimum atomic E-state index is -0.983. The predicted molar refractivity (Wildman–Crippen MR) is 73.7 cm³/mol. The lowest BCUT2D eigenvalue weighted by Crippen LogP contribution is -2.34. The number of carbonyl (C=O) groups excluding carboxylic acids is 1. The van der Waals surface area contributed by atoms with E-state index in [1.54, 1.807) is 6.92 Å². The summed E-state index contributed by atoms with van der Waals surface area (Å²) in [4.78, 5) is 22.6. The highest BCUT2D eigenvalue weighted by atomic mass is 35.5. The summed E-state index contributed by atoms with van der Waals surface area (Å²) in [6.07, 6.45) is -0.160. The van der Waals surface area contributed by atoms with Crippen molar-refractivity contribution < 1.29 is 24.2 Å². The Kier molecular flexibility index (Phi) is 5.64. The van der Waals surface area contributed by atoms with Crippen LogP contribution in [0.4, 0.5) is 0 Å². The lowest BCUT2D eigenvalue weighted by Gasteiger charge is -2.14. The Labute approximate surface area is 121 Å². The molecule has 0 spiro atoms. The number of methoxy groups -OCH3 is 2. The highest BCUT2D eigenvalue weighted by Gasteiger charge is 2.17. The fraction of sp³-hybridized carbons (Fsp3) is 0.385. The molecule has 0 saturated heterocycles. The molecule has 0 fully saturated rings. The van der Waals surface area contributed by atoms with Gasteiger partial charge in [-0.3, -0.25) is 9.59 Å². The largest absolute Gasteiger partial charge is 0.493 e. The first-order valence-electron chi connectivity index (χ1n) is 5.83. The number of ether oxygens (including phenoxy) is 2. The van der Waals surface area contributed by atoms with E-state index < -0.39 is 17.9 Å². The number of hydrogen-bond acceptors (Lipinski definition) is 4. The molecule has 1 aromatic carbocycles. The van der Waals surface area contributed by atoms with Crippen LogP contribution < -0.4 is 14.8 Å². The van der Waals surface area contributed by atoms with Crippen LogP contribution in [-0.4, -0.2) is 37.2 Å². The monoisotopic (exact) mass is 301 g/mol. The van der Waals surface area contributed by atoms with Gasteiger partial charge in [-0.2, -0.15) is 0 Å². The van der Waals surface area contributed by atoms with Crippen LogP contribution >= 0.6 is 11.6 Å². The molecule has 2 N–H and O–H groups in total. The molecule has 1 rings (SSSR count). The van der Waals surface area contributed by atoms with Gasteiger partial charge in [-0.25, -0.2) is 0 Å². The van der Waals surface area contributed by atoms with E-state index in [0.29, 0.717) is 11.5 Å². The number of carbonyl (C=O) groups is 2. The summed E-state index contributed by atoms with van der Waals surface area (Å²) in [5.41, 5.74) is 0.268. The van der Waals surface area contributed by atoms with Crippen LogP contribution in [0.25, 0.3) is 0 Å². The summed E-state index contributed by atoms with van der Waals surface area (Å²) in [7, 11) is 2.88. The molecule has 0 radical (unpaired) electrons. The second-order valence-electron chi connectivity index (χ2n) is 4.17. The molecule has 0 saturated carbocycles. The number of benzene rings is 1. The summed E-state index contributed by atoms with van der Waals surface area (Å²) in [6, 6.07) is 2.42. The summed E-state index contributed by atoms with van der Waals surface area (Å²) >= 11 is 6.00.